The van der Waals surface area contributed by atoms with E-state index in [1.54, 1.807) is 0 Å². The van der Waals surface area contributed by atoms with Gasteiger partial charge in [0.15, 0.2) is 6.49 Å². The van der Waals surface area contributed by atoms with Gasteiger partial charge in [-0.25, -0.2) is 0 Å². The molecule has 0 radical (unpaired) electrons. The molecule has 16 heavy (non-hydrogen) atoms. The van der Waals surface area contributed by atoms with Crippen LogP contribution >= 0.6 is 6.49 Å². The van der Waals surface area contributed by atoms with Crippen LogP contribution in [-0.2, 0) is 11.8 Å². The lowest BCUT2D eigenvalue weighted by molar-refractivity contribution is 0.473. The van der Waals surface area contributed by atoms with E-state index in [-0.39, 0.29) is 0 Å². The van der Waals surface area contributed by atoms with Crippen LogP contribution in [0.3, 0.4) is 0 Å². The predicted octanol–water partition coefficient (Wildman–Crippen LogP) is 4.20. The molecule has 4 heteroatoms. The van der Waals surface area contributed by atoms with Crippen LogP contribution < -0.4 is 0 Å². The highest BCUT2D eigenvalue weighted by Crippen LogP contribution is 2.36. The Hall–Kier alpha value is 0.570. The summed E-state index contributed by atoms with van der Waals surface area (Å²) < 4.78 is 0. The fourth-order valence-corrected chi connectivity index (χ4v) is 2.83. The minimum absolute atomic E-state index is 0.429. The second-order valence-electron chi connectivity index (χ2n) is 4.57. The first-order valence-corrected chi connectivity index (χ1v) is 9.50. The third kappa shape index (κ3) is 14.6. The van der Waals surface area contributed by atoms with Crippen molar-refractivity contribution in [3.8, 4) is 0 Å². The molecule has 2 N–H and O–H groups in total. The highest BCUT2D eigenvalue weighted by molar-refractivity contribution is 8.09. The normalized spacial score (nSPS) is 11.9. The van der Waals surface area contributed by atoms with E-state index in [1.807, 2.05) is 0 Å². The Balaban J connectivity index is 3.02. The van der Waals surface area contributed by atoms with Gasteiger partial charge in [-0.2, -0.15) is 0 Å². The van der Waals surface area contributed by atoms with Crippen molar-refractivity contribution in [2.24, 2.45) is 0 Å². The average Bonchev–Trinajstić information content (AvgIpc) is 2.19. The topological polar surface area (TPSA) is 40.5 Å². The van der Waals surface area contributed by atoms with Crippen LogP contribution in [0.2, 0.25) is 0 Å². The van der Waals surface area contributed by atoms with Gasteiger partial charge in [-0.3, -0.25) is 0 Å². The molecular formula is C12H27O2PS. The number of hydrogen-bond donors (Lipinski definition) is 2. The summed E-state index contributed by atoms with van der Waals surface area (Å²) in [6, 6.07) is 0. The van der Waals surface area contributed by atoms with Gasteiger partial charge in [0.1, 0.15) is 0 Å². The van der Waals surface area contributed by atoms with E-state index in [0.717, 1.165) is 12.8 Å². The van der Waals surface area contributed by atoms with Crippen molar-refractivity contribution in [1.82, 2.24) is 0 Å². The molecule has 0 saturated heterocycles. The summed E-state index contributed by atoms with van der Waals surface area (Å²) in [5.41, 5.74) is 0. The molecule has 0 aromatic carbocycles. The van der Waals surface area contributed by atoms with Crippen molar-refractivity contribution >= 4 is 18.3 Å². The van der Waals surface area contributed by atoms with Gasteiger partial charge in [-0.15, -0.1) is 0 Å². The Morgan fingerprint density at radius 2 is 1.12 bits per heavy atom. The van der Waals surface area contributed by atoms with Gasteiger partial charge in [0.25, 0.3) is 0 Å². The molecule has 0 aliphatic heterocycles. The third-order valence-electron chi connectivity index (χ3n) is 2.80. The van der Waals surface area contributed by atoms with Gasteiger partial charge >= 0.3 is 0 Å². The second kappa shape index (κ2) is 10.7. The van der Waals surface area contributed by atoms with E-state index in [1.165, 1.54) is 51.4 Å². The van der Waals surface area contributed by atoms with Gasteiger partial charge in [0, 0.05) is 6.16 Å². The number of unbranched alkanes of at least 4 members (excludes halogenated alkanes) is 9. The van der Waals surface area contributed by atoms with E-state index in [0.29, 0.717) is 6.16 Å². The van der Waals surface area contributed by atoms with Gasteiger partial charge < -0.3 is 9.79 Å². The molecule has 98 valence electrons. The maximum atomic E-state index is 9.02. The van der Waals surface area contributed by atoms with E-state index in [2.05, 4.69) is 18.7 Å². The summed E-state index contributed by atoms with van der Waals surface area (Å²) in [5, 5.41) is 0. The molecule has 0 aromatic rings. The predicted molar refractivity (Wildman–Crippen MR) is 75.4 cm³/mol. The lowest BCUT2D eigenvalue weighted by Gasteiger charge is -2.06. The van der Waals surface area contributed by atoms with Crippen molar-refractivity contribution < 1.29 is 9.79 Å². The molecular weight excluding hydrogens is 239 g/mol. The molecule has 2 nitrogen and oxygen atoms in total. The van der Waals surface area contributed by atoms with E-state index >= 15 is 0 Å². The zero-order chi connectivity index (χ0) is 12.3. The van der Waals surface area contributed by atoms with Crippen molar-refractivity contribution in [2.75, 3.05) is 6.16 Å². The number of hydrogen-bond acceptors (Lipinski definition) is 1. The maximum Gasteiger partial charge on any atom is 0.183 e. The van der Waals surface area contributed by atoms with E-state index in [9.17, 15) is 0 Å². The summed E-state index contributed by atoms with van der Waals surface area (Å²) >= 11 is 4.57. The van der Waals surface area contributed by atoms with Crippen LogP contribution in [0.25, 0.3) is 0 Å². The van der Waals surface area contributed by atoms with E-state index in [4.69, 9.17) is 9.79 Å². The average molecular weight is 266 g/mol. The lowest BCUT2D eigenvalue weighted by Crippen LogP contribution is -1.88. The van der Waals surface area contributed by atoms with Gasteiger partial charge in [0.2, 0.25) is 0 Å². The molecule has 0 saturated carbocycles. The van der Waals surface area contributed by atoms with Gasteiger partial charge in [-0.05, 0) is 18.2 Å². The van der Waals surface area contributed by atoms with Crippen molar-refractivity contribution in [3.05, 3.63) is 0 Å². The summed E-state index contributed by atoms with van der Waals surface area (Å²) in [4.78, 5) is 18.0. The van der Waals surface area contributed by atoms with Crippen molar-refractivity contribution in [1.29, 1.82) is 0 Å². The first-order valence-electron chi connectivity index (χ1n) is 6.61. The molecule has 0 spiro atoms. The number of rotatable bonds is 11. The minimum Gasteiger partial charge on any atom is -0.345 e. The molecule has 0 aliphatic rings. The zero-order valence-corrected chi connectivity index (χ0v) is 12.2. The van der Waals surface area contributed by atoms with Crippen molar-refractivity contribution in [3.63, 3.8) is 0 Å². The second-order valence-corrected chi connectivity index (χ2v) is 8.10. The minimum atomic E-state index is -2.91. The Morgan fingerprint density at radius 3 is 1.50 bits per heavy atom. The highest BCUT2D eigenvalue weighted by atomic mass is 32.5. The summed E-state index contributed by atoms with van der Waals surface area (Å²) in [6.45, 7) is -0.666. The molecule has 0 rings (SSSR count). The smallest absolute Gasteiger partial charge is 0.183 e. The largest absolute Gasteiger partial charge is 0.345 e. The molecule has 0 amide bonds. The molecule has 0 aliphatic carbocycles. The summed E-state index contributed by atoms with van der Waals surface area (Å²) in [5.74, 6) is 0. The van der Waals surface area contributed by atoms with Crippen LogP contribution in [0, 0.1) is 0 Å². The zero-order valence-electron chi connectivity index (χ0n) is 10.5. The fourth-order valence-electron chi connectivity index (χ4n) is 1.81. The van der Waals surface area contributed by atoms with Crippen LogP contribution in [0.5, 0.6) is 0 Å². The molecule has 0 fully saturated rings. The maximum absolute atomic E-state index is 9.02. The Morgan fingerprint density at radius 1 is 0.750 bits per heavy atom. The fraction of sp³-hybridized carbons (Fsp3) is 1.00. The third-order valence-corrected chi connectivity index (χ3v) is 4.25. The molecule has 0 aromatic heterocycles. The summed E-state index contributed by atoms with van der Waals surface area (Å²) in [6.07, 6.45) is 13.0. The Kier molecular flexibility index (Phi) is 11.1. The highest BCUT2D eigenvalue weighted by Gasteiger charge is 2.05. The molecule has 0 unspecified atom stereocenters. The lowest BCUT2D eigenvalue weighted by atomic mass is 10.1. The van der Waals surface area contributed by atoms with E-state index < -0.39 is 6.49 Å². The Bertz CT molecular complexity index is 191. The van der Waals surface area contributed by atoms with Crippen LogP contribution in [0.4, 0.5) is 0 Å². The first-order chi connectivity index (χ1) is 7.56. The van der Waals surface area contributed by atoms with Crippen LogP contribution in [-0.4, -0.2) is 15.9 Å². The molecule has 0 atom stereocenters. The van der Waals surface area contributed by atoms with Crippen molar-refractivity contribution in [2.45, 2.75) is 71.1 Å². The molecule has 0 heterocycles. The quantitative estimate of drug-likeness (QED) is 0.435. The monoisotopic (exact) mass is 266 g/mol. The standard InChI is InChI=1S/C12H27O2PS/c1-2-3-4-5-6-7-8-9-10-11-12-15(13,14)16/h2-12H2,1H3,(H2,13,14,16). The van der Waals surface area contributed by atoms with Gasteiger partial charge in [0.05, 0.1) is 0 Å². The van der Waals surface area contributed by atoms with Crippen LogP contribution in [0.15, 0.2) is 0 Å². The van der Waals surface area contributed by atoms with Crippen LogP contribution in [0.1, 0.15) is 71.1 Å². The van der Waals surface area contributed by atoms with Gasteiger partial charge in [-0.1, -0.05) is 64.7 Å². The Labute approximate surface area is 106 Å². The molecule has 0 bridgehead atoms. The summed E-state index contributed by atoms with van der Waals surface area (Å²) in [7, 11) is 0. The SMILES string of the molecule is CCCCCCCCCCCCP(O)(O)=S. The first kappa shape index (κ1) is 16.6.